The summed E-state index contributed by atoms with van der Waals surface area (Å²) < 4.78 is 0. The van der Waals surface area contributed by atoms with Gasteiger partial charge in [-0.3, -0.25) is 9.69 Å². The minimum Gasteiger partial charge on any atom is -0.321 e. The van der Waals surface area contributed by atoms with Gasteiger partial charge in [-0.2, -0.15) is 0 Å². The predicted octanol–water partition coefficient (Wildman–Crippen LogP) is 4.66. The normalized spacial score (nSPS) is 16.4. The number of likely N-dealkylation sites (N-methyl/N-ethyl adjacent to an activating group) is 1. The molecular weight excluding hydrogens is 400 g/mol. The summed E-state index contributed by atoms with van der Waals surface area (Å²) in [6.45, 7) is 9.11. The fraction of sp³-hybridized carbons (Fsp3) is 0.385. The molecule has 1 aliphatic heterocycles. The zero-order valence-electron chi connectivity index (χ0n) is 19.1. The molecule has 168 valence electrons. The number of nitrogens with one attached hydrogen (secondary N) is 2. The maximum Gasteiger partial charge on any atom is 0.322 e. The van der Waals surface area contributed by atoms with Crippen molar-refractivity contribution in [2.24, 2.45) is 0 Å². The topological polar surface area (TPSA) is 68.4 Å². The van der Waals surface area contributed by atoms with Crippen LogP contribution in [-0.2, 0) is 6.54 Å². The number of aromatic nitrogens is 1. The predicted molar refractivity (Wildman–Crippen MR) is 130 cm³/mol. The molecular formula is C26H32N4O2. The number of hydrogen-bond donors (Lipinski definition) is 2. The van der Waals surface area contributed by atoms with Crippen molar-refractivity contribution in [2.75, 3.05) is 25.0 Å². The SMILES string of the molecule is CCN1CCC[C@H]1CN(Cc1cc2ccc(C)c(C)c2[nH]c1=O)C(=O)Nc1ccccc1. The first-order valence-corrected chi connectivity index (χ1v) is 11.4. The van der Waals surface area contributed by atoms with E-state index in [-0.39, 0.29) is 18.1 Å². The highest BCUT2D eigenvalue weighted by molar-refractivity contribution is 5.89. The number of likely N-dealkylation sites (tertiary alicyclic amines) is 1. The molecule has 1 aromatic heterocycles. The number of aromatic amines is 1. The van der Waals surface area contributed by atoms with Crippen LogP contribution in [0.5, 0.6) is 0 Å². The molecule has 0 saturated carbocycles. The fourth-order valence-electron chi connectivity index (χ4n) is 4.61. The maximum absolute atomic E-state index is 13.3. The van der Waals surface area contributed by atoms with Crippen molar-refractivity contribution in [3.63, 3.8) is 0 Å². The second-order valence-corrected chi connectivity index (χ2v) is 8.70. The molecule has 0 unspecified atom stereocenters. The molecule has 6 nitrogen and oxygen atoms in total. The number of H-pyrrole nitrogens is 1. The lowest BCUT2D eigenvalue weighted by Gasteiger charge is -2.30. The molecule has 2 aromatic carbocycles. The largest absolute Gasteiger partial charge is 0.322 e. The molecule has 2 N–H and O–H groups in total. The first-order valence-electron chi connectivity index (χ1n) is 11.4. The summed E-state index contributed by atoms with van der Waals surface area (Å²) >= 11 is 0. The molecule has 0 radical (unpaired) electrons. The van der Waals surface area contributed by atoms with Crippen LogP contribution >= 0.6 is 0 Å². The van der Waals surface area contributed by atoms with Gasteiger partial charge in [0.05, 0.1) is 12.1 Å². The number of carbonyl (C=O) groups is 1. The third-order valence-corrected chi connectivity index (χ3v) is 6.64. The van der Waals surface area contributed by atoms with Crippen LogP contribution in [0.15, 0.2) is 53.3 Å². The van der Waals surface area contributed by atoms with Crippen LogP contribution < -0.4 is 10.9 Å². The maximum atomic E-state index is 13.3. The Balaban J connectivity index is 1.63. The van der Waals surface area contributed by atoms with Gasteiger partial charge in [-0.15, -0.1) is 0 Å². The van der Waals surface area contributed by atoms with Crippen LogP contribution in [0.3, 0.4) is 0 Å². The molecule has 4 rings (SSSR count). The second kappa shape index (κ2) is 9.57. The highest BCUT2D eigenvalue weighted by Crippen LogP contribution is 2.22. The van der Waals surface area contributed by atoms with Gasteiger partial charge in [0, 0.05) is 23.8 Å². The van der Waals surface area contributed by atoms with Crippen molar-refractivity contribution in [1.29, 1.82) is 0 Å². The van der Waals surface area contributed by atoms with Gasteiger partial charge in [-0.25, -0.2) is 4.79 Å². The first kappa shape index (κ1) is 22.1. The molecule has 1 fully saturated rings. The summed E-state index contributed by atoms with van der Waals surface area (Å²) in [4.78, 5) is 33.5. The summed E-state index contributed by atoms with van der Waals surface area (Å²) in [5.74, 6) is 0. The van der Waals surface area contributed by atoms with E-state index >= 15 is 0 Å². The number of urea groups is 1. The van der Waals surface area contributed by atoms with Crippen molar-refractivity contribution >= 4 is 22.6 Å². The molecule has 1 aliphatic rings. The lowest BCUT2D eigenvalue weighted by molar-refractivity contribution is 0.174. The molecule has 2 heterocycles. The Morgan fingerprint density at radius 1 is 1.19 bits per heavy atom. The Morgan fingerprint density at radius 2 is 1.97 bits per heavy atom. The molecule has 1 saturated heterocycles. The van der Waals surface area contributed by atoms with E-state index < -0.39 is 0 Å². The fourth-order valence-corrected chi connectivity index (χ4v) is 4.61. The Labute approximate surface area is 189 Å². The van der Waals surface area contributed by atoms with Crippen LogP contribution in [-0.4, -0.2) is 46.5 Å². The van der Waals surface area contributed by atoms with E-state index in [9.17, 15) is 9.59 Å². The molecule has 2 amide bonds. The molecule has 0 bridgehead atoms. The van der Waals surface area contributed by atoms with Gasteiger partial charge in [-0.1, -0.05) is 37.3 Å². The standard InChI is InChI=1S/C26H32N4O2/c1-4-29-14-8-11-23(29)17-30(26(32)27-22-9-6-5-7-10-22)16-21-15-20-13-12-18(2)19(3)24(20)28-25(21)31/h5-7,9-10,12-13,15,23H,4,8,11,14,16-17H2,1-3H3,(H,27,32)(H,28,31)/t23-/m0/s1. The monoisotopic (exact) mass is 432 g/mol. The highest BCUT2D eigenvalue weighted by Gasteiger charge is 2.28. The van der Waals surface area contributed by atoms with Gasteiger partial charge in [0.2, 0.25) is 0 Å². The number of hydrogen-bond acceptors (Lipinski definition) is 3. The number of pyridine rings is 1. The van der Waals surface area contributed by atoms with Gasteiger partial charge in [-0.05, 0) is 74.5 Å². The van der Waals surface area contributed by atoms with Crippen LogP contribution in [0, 0.1) is 13.8 Å². The minimum atomic E-state index is -0.182. The number of anilines is 1. The summed E-state index contributed by atoms with van der Waals surface area (Å²) in [6.07, 6.45) is 2.21. The highest BCUT2D eigenvalue weighted by atomic mass is 16.2. The minimum absolute atomic E-state index is 0.137. The number of nitrogens with zero attached hydrogens (tertiary/aromatic N) is 2. The smallest absolute Gasteiger partial charge is 0.321 e. The Morgan fingerprint density at radius 3 is 2.72 bits per heavy atom. The van der Waals surface area contributed by atoms with Crippen molar-refractivity contribution in [3.8, 4) is 0 Å². The lowest BCUT2D eigenvalue weighted by atomic mass is 10.0. The van der Waals surface area contributed by atoms with Crippen molar-refractivity contribution in [3.05, 3.63) is 75.6 Å². The number of fused-ring (bicyclic) bond motifs is 1. The molecule has 3 aromatic rings. The zero-order valence-corrected chi connectivity index (χ0v) is 19.1. The van der Waals surface area contributed by atoms with Crippen molar-refractivity contribution in [1.82, 2.24) is 14.8 Å². The van der Waals surface area contributed by atoms with E-state index in [1.54, 1.807) is 4.90 Å². The summed E-state index contributed by atoms with van der Waals surface area (Å²) in [5, 5.41) is 3.99. The lowest BCUT2D eigenvalue weighted by Crippen LogP contribution is -2.45. The number of aryl methyl sites for hydroxylation is 2. The molecule has 1 atom stereocenters. The molecule has 6 heteroatoms. The van der Waals surface area contributed by atoms with E-state index in [0.717, 1.165) is 53.6 Å². The summed E-state index contributed by atoms with van der Waals surface area (Å²) in [5.41, 5.74) is 4.30. The number of rotatable bonds is 6. The Hall–Kier alpha value is -3.12. The van der Waals surface area contributed by atoms with Crippen LogP contribution in [0.2, 0.25) is 0 Å². The molecule has 0 spiro atoms. The van der Waals surface area contributed by atoms with Crippen molar-refractivity contribution < 1.29 is 4.79 Å². The zero-order chi connectivity index (χ0) is 22.7. The number of amides is 2. The summed E-state index contributed by atoms with van der Waals surface area (Å²) in [7, 11) is 0. The van der Waals surface area contributed by atoms with Gasteiger partial charge < -0.3 is 15.2 Å². The Kier molecular flexibility index (Phi) is 6.61. The van der Waals surface area contributed by atoms with E-state index in [1.807, 2.05) is 56.3 Å². The van der Waals surface area contributed by atoms with Gasteiger partial charge in [0.1, 0.15) is 0 Å². The van der Waals surface area contributed by atoms with E-state index in [0.29, 0.717) is 18.2 Å². The van der Waals surface area contributed by atoms with Crippen LogP contribution in [0.4, 0.5) is 10.5 Å². The third kappa shape index (κ3) is 4.70. The third-order valence-electron chi connectivity index (χ3n) is 6.64. The van der Waals surface area contributed by atoms with E-state index in [2.05, 4.69) is 28.2 Å². The van der Waals surface area contributed by atoms with Gasteiger partial charge >= 0.3 is 6.03 Å². The quantitative estimate of drug-likeness (QED) is 0.595. The van der Waals surface area contributed by atoms with Crippen LogP contribution in [0.1, 0.15) is 36.5 Å². The van der Waals surface area contributed by atoms with Gasteiger partial charge in [0.25, 0.3) is 5.56 Å². The second-order valence-electron chi connectivity index (χ2n) is 8.70. The van der Waals surface area contributed by atoms with Crippen molar-refractivity contribution in [2.45, 2.75) is 46.2 Å². The molecule has 32 heavy (non-hydrogen) atoms. The number of benzene rings is 2. The number of carbonyl (C=O) groups excluding carboxylic acids is 1. The van der Waals surface area contributed by atoms with E-state index in [1.165, 1.54) is 0 Å². The first-order chi connectivity index (χ1) is 15.5. The van der Waals surface area contributed by atoms with E-state index in [4.69, 9.17) is 0 Å². The van der Waals surface area contributed by atoms with Crippen LogP contribution in [0.25, 0.3) is 10.9 Å². The summed E-state index contributed by atoms with van der Waals surface area (Å²) in [6, 6.07) is 15.6. The average Bonchev–Trinajstić information content (AvgIpc) is 3.25. The Bertz CT molecular complexity index is 1160. The molecule has 0 aliphatic carbocycles. The van der Waals surface area contributed by atoms with Gasteiger partial charge in [0.15, 0.2) is 0 Å². The average molecular weight is 433 g/mol. The number of para-hydroxylation sites is 1.